The van der Waals surface area contributed by atoms with Crippen LogP contribution in [0, 0.1) is 5.92 Å². The molecule has 2 fully saturated rings. The number of fused-ring (bicyclic) bond motifs is 1. The van der Waals surface area contributed by atoms with E-state index in [4.69, 9.17) is 21.1 Å². The van der Waals surface area contributed by atoms with Crippen molar-refractivity contribution in [2.45, 2.75) is 44.7 Å². The Labute approximate surface area is 145 Å². The van der Waals surface area contributed by atoms with E-state index in [0.29, 0.717) is 22.9 Å². The summed E-state index contributed by atoms with van der Waals surface area (Å²) in [6, 6.07) is 3.15. The van der Waals surface area contributed by atoms with Crippen molar-refractivity contribution in [3.05, 3.63) is 22.7 Å². The van der Waals surface area contributed by atoms with E-state index in [0.717, 1.165) is 24.8 Å². The third-order valence-corrected chi connectivity index (χ3v) is 5.61. The number of carbonyl (C=O) groups is 2. The van der Waals surface area contributed by atoms with Crippen LogP contribution in [0.25, 0.3) is 0 Å². The maximum Gasteiger partial charge on any atom is 0.325 e. The van der Waals surface area contributed by atoms with Gasteiger partial charge in [0.1, 0.15) is 5.54 Å². The number of amides is 3. The maximum atomic E-state index is 13.0. The maximum absolute atomic E-state index is 13.0. The molecule has 1 aromatic carbocycles. The van der Waals surface area contributed by atoms with Gasteiger partial charge in [-0.2, -0.15) is 0 Å². The standard InChI is InChI=1S/C17H19ClN2O4/c1-10-4-2-3-5-17(10)15(21)20(16(22)19-17)8-11-6-12(18)14-13(7-11)23-9-24-14/h6-7,10H,2-5,8-9H2,1H3,(H,19,22)/t10-,17-/m0/s1. The third-order valence-electron chi connectivity index (χ3n) is 5.33. The summed E-state index contributed by atoms with van der Waals surface area (Å²) in [6.45, 7) is 2.34. The highest BCUT2D eigenvalue weighted by atomic mass is 35.5. The monoisotopic (exact) mass is 350 g/mol. The zero-order chi connectivity index (χ0) is 16.9. The quantitative estimate of drug-likeness (QED) is 0.832. The first-order valence-electron chi connectivity index (χ1n) is 8.23. The lowest BCUT2D eigenvalue weighted by atomic mass is 9.73. The van der Waals surface area contributed by atoms with Gasteiger partial charge in [-0.3, -0.25) is 9.69 Å². The first kappa shape index (κ1) is 15.6. The predicted octanol–water partition coefficient (Wildman–Crippen LogP) is 3.07. The number of nitrogens with zero attached hydrogens (tertiary/aromatic N) is 1. The molecule has 2 heterocycles. The third kappa shape index (κ3) is 2.24. The number of rotatable bonds is 2. The van der Waals surface area contributed by atoms with Crippen LogP contribution < -0.4 is 14.8 Å². The number of benzene rings is 1. The largest absolute Gasteiger partial charge is 0.454 e. The lowest BCUT2D eigenvalue weighted by Crippen LogP contribution is -2.53. The van der Waals surface area contributed by atoms with Gasteiger partial charge in [-0.15, -0.1) is 0 Å². The summed E-state index contributed by atoms with van der Waals surface area (Å²) in [4.78, 5) is 26.7. The van der Waals surface area contributed by atoms with Gasteiger partial charge < -0.3 is 14.8 Å². The zero-order valence-electron chi connectivity index (χ0n) is 13.4. The fraction of sp³-hybridized carbons (Fsp3) is 0.529. The van der Waals surface area contributed by atoms with Gasteiger partial charge in [0.05, 0.1) is 11.6 Å². The Balaban J connectivity index is 1.60. The second kappa shape index (κ2) is 5.55. The van der Waals surface area contributed by atoms with Crippen molar-refractivity contribution < 1.29 is 19.1 Å². The average Bonchev–Trinajstić information content (AvgIpc) is 3.10. The number of hydrogen-bond acceptors (Lipinski definition) is 4. The fourth-order valence-corrected chi connectivity index (χ4v) is 4.22. The van der Waals surface area contributed by atoms with Gasteiger partial charge >= 0.3 is 6.03 Å². The average molecular weight is 351 g/mol. The molecule has 6 nitrogen and oxygen atoms in total. The van der Waals surface area contributed by atoms with E-state index < -0.39 is 5.54 Å². The lowest BCUT2D eigenvalue weighted by Gasteiger charge is -2.36. The summed E-state index contributed by atoms with van der Waals surface area (Å²) in [5.74, 6) is 1.07. The summed E-state index contributed by atoms with van der Waals surface area (Å²) < 4.78 is 10.6. The van der Waals surface area contributed by atoms with Crippen LogP contribution in [0.1, 0.15) is 38.2 Å². The van der Waals surface area contributed by atoms with Crippen LogP contribution in [0.4, 0.5) is 4.79 Å². The van der Waals surface area contributed by atoms with Crippen LogP contribution in [0.2, 0.25) is 5.02 Å². The molecular weight excluding hydrogens is 332 g/mol. The van der Waals surface area contributed by atoms with E-state index in [1.54, 1.807) is 12.1 Å². The van der Waals surface area contributed by atoms with E-state index in [9.17, 15) is 9.59 Å². The smallest absolute Gasteiger partial charge is 0.325 e. The number of hydrogen-bond donors (Lipinski definition) is 1. The number of halogens is 1. The SMILES string of the molecule is C[C@H]1CCCC[C@]12NC(=O)N(Cc1cc(Cl)c3c(c1)OCO3)C2=O. The van der Waals surface area contributed by atoms with Gasteiger partial charge in [-0.25, -0.2) is 4.79 Å². The fourth-order valence-electron chi connectivity index (χ4n) is 3.93. The molecule has 0 radical (unpaired) electrons. The molecule has 3 aliphatic rings. The Hall–Kier alpha value is -1.95. The molecule has 3 amide bonds. The minimum Gasteiger partial charge on any atom is -0.454 e. The Bertz CT molecular complexity index is 723. The van der Waals surface area contributed by atoms with Gasteiger partial charge in [-0.1, -0.05) is 31.4 Å². The predicted molar refractivity (Wildman–Crippen MR) is 87.0 cm³/mol. The summed E-state index contributed by atoms with van der Waals surface area (Å²) in [7, 11) is 0. The van der Waals surface area contributed by atoms with E-state index in [-0.39, 0.29) is 31.2 Å². The van der Waals surface area contributed by atoms with Gasteiger partial charge in [0.25, 0.3) is 5.91 Å². The van der Waals surface area contributed by atoms with Crippen molar-refractivity contribution in [1.29, 1.82) is 0 Å². The topological polar surface area (TPSA) is 67.9 Å². The van der Waals surface area contributed by atoms with E-state index in [1.165, 1.54) is 4.90 Å². The first-order valence-corrected chi connectivity index (χ1v) is 8.61. The van der Waals surface area contributed by atoms with Gasteiger partial charge in [-0.05, 0) is 36.5 Å². The Morgan fingerprint density at radius 1 is 1.33 bits per heavy atom. The number of nitrogens with one attached hydrogen (secondary N) is 1. The van der Waals surface area contributed by atoms with Crippen LogP contribution in [0.3, 0.4) is 0 Å². The van der Waals surface area contributed by atoms with Gasteiger partial charge in [0, 0.05) is 0 Å². The van der Waals surface area contributed by atoms with Crippen LogP contribution in [-0.2, 0) is 11.3 Å². The molecule has 1 saturated heterocycles. The number of imide groups is 1. The molecule has 1 saturated carbocycles. The normalized spacial score (nSPS) is 28.6. The molecule has 1 N–H and O–H groups in total. The lowest BCUT2D eigenvalue weighted by molar-refractivity contribution is -0.134. The van der Waals surface area contributed by atoms with Crippen LogP contribution in [-0.4, -0.2) is 29.2 Å². The highest BCUT2D eigenvalue weighted by molar-refractivity contribution is 6.32. The number of urea groups is 1. The van der Waals surface area contributed by atoms with Gasteiger partial charge in [0.2, 0.25) is 6.79 Å². The van der Waals surface area contributed by atoms with Crippen LogP contribution in [0.15, 0.2) is 12.1 Å². The molecular formula is C17H19ClN2O4. The molecule has 7 heteroatoms. The van der Waals surface area contributed by atoms with Gasteiger partial charge in [0.15, 0.2) is 11.5 Å². The van der Waals surface area contributed by atoms with E-state index in [1.807, 2.05) is 6.92 Å². The van der Waals surface area contributed by atoms with Crippen molar-refractivity contribution in [3.63, 3.8) is 0 Å². The molecule has 1 aliphatic carbocycles. The Morgan fingerprint density at radius 2 is 2.17 bits per heavy atom. The first-order chi connectivity index (χ1) is 11.5. The second-order valence-corrected chi connectivity index (χ2v) is 7.16. The summed E-state index contributed by atoms with van der Waals surface area (Å²) in [6.07, 6.45) is 3.72. The van der Waals surface area contributed by atoms with Crippen molar-refractivity contribution in [1.82, 2.24) is 10.2 Å². The molecule has 4 rings (SSSR count). The van der Waals surface area contributed by atoms with E-state index >= 15 is 0 Å². The minimum absolute atomic E-state index is 0.127. The highest BCUT2D eigenvalue weighted by Crippen LogP contribution is 2.41. The summed E-state index contributed by atoms with van der Waals surface area (Å²) in [5.41, 5.74) is 0.00315. The summed E-state index contributed by atoms with van der Waals surface area (Å²) in [5, 5.41) is 3.38. The molecule has 128 valence electrons. The Kier molecular flexibility index (Phi) is 3.60. The minimum atomic E-state index is -0.741. The zero-order valence-corrected chi connectivity index (χ0v) is 14.2. The second-order valence-electron chi connectivity index (χ2n) is 6.75. The van der Waals surface area contributed by atoms with Crippen molar-refractivity contribution >= 4 is 23.5 Å². The highest BCUT2D eigenvalue weighted by Gasteiger charge is 2.54. The molecule has 0 unspecified atom stereocenters. The number of carbonyl (C=O) groups excluding carboxylic acids is 2. The molecule has 2 aliphatic heterocycles. The molecule has 2 atom stereocenters. The summed E-state index contributed by atoms with van der Waals surface area (Å²) >= 11 is 6.19. The molecule has 1 aromatic rings. The van der Waals surface area contributed by atoms with Crippen molar-refractivity contribution in [3.8, 4) is 11.5 Å². The van der Waals surface area contributed by atoms with E-state index in [2.05, 4.69) is 5.32 Å². The Morgan fingerprint density at radius 3 is 2.96 bits per heavy atom. The molecule has 0 bridgehead atoms. The van der Waals surface area contributed by atoms with Crippen molar-refractivity contribution in [2.75, 3.05) is 6.79 Å². The van der Waals surface area contributed by atoms with Crippen LogP contribution >= 0.6 is 11.6 Å². The number of ether oxygens (including phenoxy) is 2. The molecule has 1 spiro atoms. The molecule has 0 aromatic heterocycles. The van der Waals surface area contributed by atoms with Crippen molar-refractivity contribution in [2.24, 2.45) is 5.92 Å². The van der Waals surface area contributed by atoms with Crippen LogP contribution in [0.5, 0.6) is 11.5 Å². The molecule has 24 heavy (non-hydrogen) atoms.